The number of aromatic nitrogens is 2. The lowest BCUT2D eigenvalue weighted by Gasteiger charge is -2.02. The van der Waals surface area contributed by atoms with Crippen molar-refractivity contribution >= 4 is 17.7 Å². The molecule has 2 aromatic heterocycles. The summed E-state index contributed by atoms with van der Waals surface area (Å²) in [7, 11) is 0. The average molecular weight is 260 g/mol. The average Bonchev–Trinajstić information content (AvgIpc) is 2.37. The maximum absolute atomic E-state index is 10.8. The van der Waals surface area contributed by atoms with Crippen LogP contribution >= 0.6 is 11.8 Å². The number of aryl methyl sites for hydroxylation is 1. The summed E-state index contributed by atoms with van der Waals surface area (Å²) in [5.41, 5.74) is 2.47. The first-order valence-electron chi connectivity index (χ1n) is 5.38. The third-order valence-electron chi connectivity index (χ3n) is 2.30. The number of nitrogens with zero attached hydrogens (tertiary/aromatic N) is 2. The van der Waals surface area contributed by atoms with Gasteiger partial charge < -0.3 is 5.11 Å². The summed E-state index contributed by atoms with van der Waals surface area (Å²) in [4.78, 5) is 19.1. The van der Waals surface area contributed by atoms with Crippen LogP contribution in [-0.2, 0) is 5.75 Å². The second-order valence-corrected chi connectivity index (χ2v) is 4.84. The van der Waals surface area contributed by atoms with Crippen molar-refractivity contribution in [3.05, 3.63) is 53.5 Å². The highest BCUT2D eigenvalue weighted by Gasteiger charge is 2.05. The maximum atomic E-state index is 10.8. The molecule has 0 aliphatic heterocycles. The van der Waals surface area contributed by atoms with E-state index < -0.39 is 5.97 Å². The largest absolute Gasteiger partial charge is 0.478 e. The van der Waals surface area contributed by atoms with E-state index in [1.807, 2.05) is 6.92 Å². The van der Waals surface area contributed by atoms with Crippen molar-refractivity contribution < 1.29 is 9.90 Å². The van der Waals surface area contributed by atoms with Gasteiger partial charge in [0.05, 0.1) is 10.6 Å². The van der Waals surface area contributed by atoms with E-state index in [9.17, 15) is 4.79 Å². The van der Waals surface area contributed by atoms with Crippen LogP contribution in [0.3, 0.4) is 0 Å². The van der Waals surface area contributed by atoms with Crippen LogP contribution in [0.4, 0.5) is 0 Å². The molecule has 0 aliphatic carbocycles. The molecular weight excluding hydrogens is 248 g/mol. The fourth-order valence-electron chi connectivity index (χ4n) is 1.48. The van der Waals surface area contributed by atoms with Crippen LogP contribution in [0.15, 0.2) is 41.8 Å². The number of hydrogen-bond acceptors (Lipinski definition) is 4. The molecule has 18 heavy (non-hydrogen) atoms. The van der Waals surface area contributed by atoms with Gasteiger partial charge in [0, 0.05) is 24.3 Å². The van der Waals surface area contributed by atoms with Crippen molar-refractivity contribution in [2.45, 2.75) is 17.7 Å². The fraction of sp³-hybridized carbons (Fsp3) is 0.154. The summed E-state index contributed by atoms with van der Waals surface area (Å²) in [6.07, 6.45) is 5.12. The smallest absolute Gasteiger partial charge is 0.335 e. The molecule has 0 saturated heterocycles. The summed E-state index contributed by atoms with van der Waals surface area (Å²) in [6.45, 7) is 1.99. The second kappa shape index (κ2) is 5.64. The van der Waals surface area contributed by atoms with Crippen LogP contribution in [0.2, 0.25) is 0 Å². The third-order valence-corrected chi connectivity index (χ3v) is 3.30. The molecule has 0 aromatic carbocycles. The predicted molar refractivity (Wildman–Crippen MR) is 69.7 cm³/mol. The van der Waals surface area contributed by atoms with Crippen molar-refractivity contribution in [3.8, 4) is 0 Å². The van der Waals surface area contributed by atoms with Crippen molar-refractivity contribution in [1.82, 2.24) is 9.97 Å². The first-order valence-corrected chi connectivity index (χ1v) is 6.36. The zero-order valence-corrected chi connectivity index (χ0v) is 10.6. The van der Waals surface area contributed by atoms with Gasteiger partial charge in [-0.2, -0.15) is 0 Å². The van der Waals surface area contributed by atoms with Crippen molar-refractivity contribution in [2.24, 2.45) is 0 Å². The van der Waals surface area contributed by atoms with Crippen LogP contribution in [0, 0.1) is 6.92 Å². The number of hydrogen-bond donors (Lipinski definition) is 1. The van der Waals surface area contributed by atoms with E-state index in [0.29, 0.717) is 5.03 Å². The molecule has 0 radical (unpaired) electrons. The van der Waals surface area contributed by atoms with E-state index in [0.717, 1.165) is 16.9 Å². The molecule has 2 rings (SSSR count). The van der Waals surface area contributed by atoms with Gasteiger partial charge in [0.2, 0.25) is 0 Å². The normalized spacial score (nSPS) is 10.3. The Hall–Kier alpha value is -1.88. The number of aromatic carboxylic acids is 1. The summed E-state index contributed by atoms with van der Waals surface area (Å²) in [5, 5.41) is 9.59. The fourth-order valence-corrected chi connectivity index (χ4v) is 2.29. The molecular formula is C13H12N2O2S. The maximum Gasteiger partial charge on any atom is 0.335 e. The van der Waals surface area contributed by atoms with E-state index in [-0.39, 0.29) is 5.56 Å². The van der Waals surface area contributed by atoms with E-state index in [1.54, 1.807) is 18.5 Å². The third kappa shape index (κ3) is 3.30. The summed E-state index contributed by atoms with van der Waals surface area (Å²) in [6, 6.07) is 5.12. The summed E-state index contributed by atoms with van der Waals surface area (Å²) in [5.74, 6) is -0.207. The van der Waals surface area contributed by atoms with Crippen LogP contribution < -0.4 is 0 Å². The lowest BCUT2D eigenvalue weighted by molar-refractivity contribution is 0.0696. The molecule has 2 heterocycles. The molecule has 1 N–H and O–H groups in total. The second-order valence-electron chi connectivity index (χ2n) is 3.85. The van der Waals surface area contributed by atoms with Gasteiger partial charge in [-0.1, -0.05) is 6.07 Å². The Kier molecular flexibility index (Phi) is 3.94. The highest BCUT2D eigenvalue weighted by Crippen LogP contribution is 2.21. The molecule has 0 saturated carbocycles. The molecule has 0 unspecified atom stereocenters. The van der Waals surface area contributed by atoms with Gasteiger partial charge in [-0.05, 0) is 30.2 Å². The Labute approximate surface area is 109 Å². The lowest BCUT2D eigenvalue weighted by Crippen LogP contribution is -1.96. The minimum atomic E-state index is -0.934. The minimum Gasteiger partial charge on any atom is -0.478 e. The minimum absolute atomic E-state index is 0.259. The van der Waals surface area contributed by atoms with Crippen molar-refractivity contribution in [3.63, 3.8) is 0 Å². The Bertz CT molecular complexity index is 572. The van der Waals surface area contributed by atoms with Gasteiger partial charge in [0.25, 0.3) is 0 Å². The Morgan fingerprint density at radius 2 is 2.22 bits per heavy atom. The molecule has 92 valence electrons. The zero-order valence-electron chi connectivity index (χ0n) is 9.83. The first-order chi connectivity index (χ1) is 8.65. The van der Waals surface area contributed by atoms with Gasteiger partial charge in [-0.25, -0.2) is 9.78 Å². The van der Waals surface area contributed by atoms with Crippen LogP contribution in [-0.4, -0.2) is 21.0 Å². The molecule has 0 aliphatic rings. The van der Waals surface area contributed by atoms with Gasteiger partial charge in [-0.3, -0.25) is 4.98 Å². The van der Waals surface area contributed by atoms with Crippen LogP contribution in [0.5, 0.6) is 0 Å². The molecule has 2 aromatic rings. The summed E-state index contributed by atoms with van der Waals surface area (Å²) < 4.78 is 0. The molecule has 0 bridgehead atoms. The highest BCUT2D eigenvalue weighted by atomic mass is 32.2. The first kappa shape index (κ1) is 12.6. The molecule has 4 nitrogen and oxygen atoms in total. The number of rotatable bonds is 4. The SMILES string of the molecule is Cc1cncc(CSc2cc(C(=O)O)ccn2)c1. The van der Waals surface area contributed by atoms with Gasteiger partial charge >= 0.3 is 5.97 Å². The topological polar surface area (TPSA) is 63.1 Å². The van der Waals surface area contributed by atoms with E-state index in [2.05, 4.69) is 16.0 Å². The van der Waals surface area contributed by atoms with Crippen LogP contribution in [0.25, 0.3) is 0 Å². The Morgan fingerprint density at radius 3 is 2.94 bits per heavy atom. The zero-order chi connectivity index (χ0) is 13.0. The number of thioether (sulfide) groups is 1. The van der Waals surface area contributed by atoms with Crippen molar-refractivity contribution in [1.29, 1.82) is 0 Å². The number of carbonyl (C=O) groups is 1. The van der Waals surface area contributed by atoms with Crippen molar-refractivity contribution in [2.75, 3.05) is 0 Å². The molecule has 0 spiro atoms. The van der Waals surface area contributed by atoms with Gasteiger partial charge in [0.15, 0.2) is 0 Å². The quantitative estimate of drug-likeness (QED) is 0.856. The van der Waals surface area contributed by atoms with E-state index >= 15 is 0 Å². The monoisotopic (exact) mass is 260 g/mol. The van der Waals surface area contributed by atoms with Gasteiger partial charge in [-0.15, -0.1) is 11.8 Å². The van der Waals surface area contributed by atoms with E-state index in [4.69, 9.17) is 5.11 Å². The Balaban J connectivity index is 2.06. The molecule has 5 heteroatoms. The molecule has 0 atom stereocenters. The summed E-state index contributed by atoms with van der Waals surface area (Å²) >= 11 is 1.50. The molecule has 0 amide bonds. The predicted octanol–water partition coefficient (Wildman–Crippen LogP) is 2.78. The lowest BCUT2D eigenvalue weighted by atomic mass is 10.2. The number of carboxylic acid groups (broad SMARTS) is 1. The number of pyridine rings is 2. The van der Waals surface area contributed by atoms with Crippen LogP contribution in [0.1, 0.15) is 21.5 Å². The molecule has 0 fully saturated rings. The van der Waals surface area contributed by atoms with Gasteiger partial charge in [0.1, 0.15) is 0 Å². The number of carboxylic acids is 1. The standard InChI is InChI=1S/C13H12N2O2S/c1-9-4-10(7-14-6-9)8-18-12-5-11(13(16)17)2-3-15-12/h2-7H,8H2,1H3,(H,16,17). The highest BCUT2D eigenvalue weighted by molar-refractivity contribution is 7.98. The Morgan fingerprint density at radius 1 is 1.39 bits per heavy atom. The van der Waals surface area contributed by atoms with E-state index in [1.165, 1.54) is 24.0 Å².